The Balaban J connectivity index is -0.00000100. The fraction of sp³-hybridized carbons (Fsp3) is 0.575. The highest BCUT2D eigenvalue weighted by Gasteiger charge is 2.41. The summed E-state index contributed by atoms with van der Waals surface area (Å²) in [5.41, 5.74) is 3.76. The van der Waals surface area contributed by atoms with Crippen molar-refractivity contribution in [3.63, 3.8) is 0 Å². The zero-order valence-corrected chi connectivity index (χ0v) is 35.0. The van der Waals surface area contributed by atoms with E-state index < -0.39 is 36.5 Å². The lowest BCUT2D eigenvalue weighted by Crippen LogP contribution is -2.55. The van der Waals surface area contributed by atoms with Crippen LogP contribution in [0.3, 0.4) is 0 Å². The van der Waals surface area contributed by atoms with Crippen LogP contribution in [-0.2, 0) is 42.9 Å². The minimum atomic E-state index is -0.679. The molecule has 2 aromatic carbocycles. The molecule has 14 heteroatoms. The second-order valence-electron chi connectivity index (χ2n) is 11.5. The Morgan fingerprint density at radius 1 is 0.926 bits per heavy atom. The Bertz CT molecular complexity index is 1240. The van der Waals surface area contributed by atoms with Gasteiger partial charge in [-0.3, -0.25) is 14.4 Å². The average Bonchev–Trinajstić information content (AvgIpc) is 4.04. The number of aryl methyl sites for hydroxylation is 1. The van der Waals surface area contributed by atoms with Crippen molar-refractivity contribution in [2.75, 3.05) is 46.9 Å². The van der Waals surface area contributed by atoms with Crippen LogP contribution in [0.4, 0.5) is 5.69 Å². The van der Waals surface area contributed by atoms with Gasteiger partial charge in [0.05, 0.1) is 6.10 Å². The number of aliphatic hydroxyl groups excluding tert-OH is 1. The highest BCUT2D eigenvalue weighted by molar-refractivity contribution is 7.97. The van der Waals surface area contributed by atoms with Crippen molar-refractivity contribution in [1.29, 1.82) is 0 Å². The number of benzene rings is 2. The zero-order valence-electron chi connectivity index (χ0n) is 34.2. The van der Waals surface area contributed by atoms with E-state index in [-0.39, 0.29) is 6.61 Å². The second kappa shape index (κ2) is 37.6. The number of rotatable bonds is 12. The number of hydrogen-bond donors (Lipinski definition) is 3. The van der Waals surface area contributed by atoms with Gasteiger partial charge in [-0.25, -0.2) is 4.72 Å². The molecule has 4 atom stereocenters. The standard InChI is InChI=1S/C23H34N2O7S.C7H8.C3H6.C2H6O.2C2H4O.CH4O/c1-6-7-8-24-18-9-17(12-26)10-22(14(18)2)33-25-23-20(31-16(4)28)11-19(29-5)21(32-23)13-30-15(3)27;1-7-5-3-2-4-6-7;1-2-3-1;1-3-2;2*1-2-3;1-2/h9-10,12,19-21,23-25H,6-8,11,13H2,1-5H3;2-6H,1H3;1-3H2;1-2H3;2*2H,1H3;2H,1H3/t19?,20?,21-,23?;;;;;;/m1....../s1. The number of unbranched alkanes of at least 4 members (excludes halogenated alkanes) is 1. The maximum absolute atomic E-state index is 11.7. The first-order valence-corrected chi connectivity index (χ1v) is 18.7. The van der Waals surface area contributed by atoms with Crippen LogP contribution in [0.1, 0.15) is 94.6 Å². The van der Waals surface area contributed by atoms with Gasteiger partial charge in [-0.05, 0) is 63.8 Å². The molecule has 1 saturated heterocycles. The first-order valence-electron chi connectivity index (χ1n) is 17.8. The largest absolute Gasteiger partial charge is 0.463 e. The molecule has 0 bridgehead atoms. The van der Waals surface area contributed by atoms with Crippen molar-refractivity contribution in [3.8, 4) is 0 Å². The van der Waals surface area contributed by atoms with Gasteiger partial charge in [-0.1, -0.05) is 68.5 Å². The van der Waals surface area contributed by atoms with Crippen LogP contribution in [0.5, 0.6) is 0 Å². The molecule has 2 aromatic rings. The van der Waals surface area contributed by atoms with E-state index >= 15 is 0 Å². The Kier molecular flexibility index (Phi) is 38.1. The van der Waals surface area contributed by atoms with Crippen molar-refractivity contribution >= 4 is 48.4 Å². The Labute approximate surface area is 327 Å². The average molecular weight is 783 g/mol. The van der Waals surface area contributed by atoms with E-state index in [0.29, 0.717) is 12.0 Å². The predicted molar refractivity (Wildman–Crippen MR) is 215 cm³/mol. The molecule has 1 aliphatic heterocycles. The Morgan fingerprint density at radius 3 is 1.89 bits per heavy atom. The van der Waals surface area contributed by atoms with E-state index in [4.69, 9.17) is 33.6 Å². The molecule has 0 spiro atoms. The molecule has 54 heavy (non-hydrogen) atoms. The molecule has 13 nitrogen and oxygen atoms in total. The third kappa shape index (κ3) is 29.8. The number of carbonyl (C=O) groups is 5. The summed E-state index contributed by atoms with van der Waals surface area (Å²) in [4.78, 5) is 52.9. The number of aliphatic hydroxyl groups is 1. The van der Waals surface area contributed by atoms with E-state index in [2.05, 4.69) is 40.8 Å². The highest BCUT2D eigenvalue weighted by Crippen LogP contribution is 2.31. The predicted octanol–water partition coefficient (Wildman–Crippen LogP) is 6.69. The van der Waals surface area contributed by atoms with Gasteiger partial charge < -0.3 is 43.7 Å². The fourth-order valence-electron chi connectivity index (χ4n) is 4.01. The summed E-state index contributed by atoms with van der Waals surface area (Å²) in [6, 6.07) is 13.9. The smallest absolute Gasteiger partial charge is 0.303 e. The number of carbonyl (C=O) groups excluding carboxylic acids is 5. The van der Waals surface area contributed by atoms with Gasteiger partial charge in [-0.15, -0.1) is 0 Å². The molecule has 308 valence electrons. The summed E-state index contributed by atoms with van der Waals surface area (Å²) in [5.74, 6) is -0.853. The van der Waals surface area contributed by atoms with Crippen LogP contribution in [0.2, 0.25) is 0 Å². The summed E-state index contributed by atoms with van der Waals surface area (Å²) in [7, 11) is 5.78. The number of esters is 2. The Hall–Kier alpha value is -3.66. The van der Waals surface area contributed by atoms with Gasteiger partial charge in [0.1, 0.15) is 37.7 Å². The lowest BCUT2D eigenvalue weighted by Gasteiger charge is -2.40. The molecule has 2 aliphatic rings. The molecule has 0 aromatic heterocycles. The summed E-state index contributed by atoms with van der Waals surface area (Å²) in [6.45, 7) is 12.6. The quantitative estimate of drug-likeness (QED) is 0.0899. The van der Waals surface area contributed by atoms with Gasteiger partial charge in [-0.2, -0.15) is 0 Å². The van der Waals surface area contributed by atoms with Crippen LogP contribution >= 0.6 is 11.9 Å². The molecule has 3 unspecified atom stereocenters. The maximum Gasteiger partial charge on any atom is 0.303 e. The molecule has 0 amide bonds. The van der Waals surface area contributed by atoms with Crippen molar-refractivity contribution in [2.45, 2.75) is 116 Å². The monoisotopic (exact) mass is 782 g/mol. The van der Waals surface area contributed by atoms with Crippen molar-refractivity contribution < 1.29 is 52.8 Å². The van der Waals surface area contributed by atoms with E-state index in [1.165, 1.54) is 71.6 Å². The summed E-state index contributed by atoms with van der Waals surface area (Å²) in [5, 5.41) is 10.4. The minimum absolute atomic E-state index is 0.0224. The fourth-order valence-corrected chi connectivity index (χ4v) is 4.92. The van der Waals surface area contributed by atoms with E-state index in [0.717, 1.165) is 61.5 Å². The van der Waals surface area contributed by atoms with Gasteiger partial charge >= 0.3 is 11.9 Å². The normalized spacial score (nSPS) is 17.1. The van der Waals surface area contributed by atoms with Crippen LogP contribution in [0.25, 0.3) is 0 Å². The SMILES string of the molecule is C1CC1.CC=O.CC=O.CCCCNc1cc(C=O)cc(SNC2O[C@H](COC(C)=O)C(OC)CC2OC(C)=O)c1C.CO.COC.Cc1ccccc1. The first-order chi connectivity index (χ1) is 25.9. The number of nitrogens with one attached hydrogen (secondary N) is 2. The lowest BCUT2D eigenvalue weighted by molar-refractivity contribution is -0.207. The number of methoxy groups -OCH3 is 2. The first kappa shape index (κ1) is 54.7. The number of aldehydes is 3. The zero-order chi connectivity index (χ0) is 41.7. The summed E-state index contributed by atoms with van der Waals surface area (Å²) < 4.78 is 29.6. The van der Waals surface area contributed by atoms with Gasteiger partial charge in [0, 0.05) is 71.4 Å². The van der Waals surface area contributed by atoms with Gasteiger partial charge in [0.2, 0.25) is 0 Å². The van der Waals surface area contributed by atoms with E-state index in [9.17, 15) is 14.4 Å². The lowest BCUT2D eigenvalue weighted by atomic mass is 10.0. The maximum atomic E-state index is 11.7. The van der Waals surface area contributed by atoms with E-state index in [1.807, 2.05) is 31.2 Å². The molecular weight excluding hydrogens is 717 g/mol. The second-order valence-corrected chi connectivity index (χ2v) is 12.3. The number of ether oxygens (including phenoxy) is 5. The third-order valence-electron chi connectivity index (χ3n) is 6.55. The van der Waals surface area contributed by atoms with Crippen LogP contribution in [0, 0.1) is 13.8 Å². The summed E-state index contributed by atoms with van der Waals surface area (Å²) >= 11 is 1.29. The molecule has 1 aliphatic carbocycles. The van der Waals surface area contributed by atoms with Crippen molar-refractivity contribution in [1.82, 2.24) is 4.72 Å². The van der Waals surface area contributed by atoms with E-state index in [1.54, 1.807) is 20.3 Å². The van der Waals surface area contributed by atoms with Crippen molar-refractivity contribution in [3.05, 3.63) is 59.2 Å². The molecule has 2 fully saturated rings. The highest BCUT2D eigenvalue weighted by atomic mass is 32.2. The molecule has 1 saturated carbocycles. The molecular formula is C40H66N2O11S. The number of anilines is 1. The number of hydrogen-bond acceptors (Lipinski definition) is 14. The van der Waals surface area contributed by atoms with Crippen LogP contribution in [-0.4, -0.2) is 102 Å². The van der Waals surface area contributed by atoms with Crippen LogP contribution in [0.15, 0.2) is 47.4 Å². The minimum Gasteiger partial charge on any atom is -0.463 e. The van der Waals surface area contributed by atoms with Gasteiger partial charge in [0.25, 0.3) is 0 Å². The Morgan fingerprint density at radius 2 is 1.48 bits per heavy atom. The topological polar surface area (TPSA) is 176 Å². The van der Waals surface area contributed by atoms with Crippen molar-refractivity contribution in [2.24, 2.45) is 0 Å². The molecule has 3 N–H and O–H groups in total. The summed E-state index contributed by atoms with van der Waals surface area (Å²) in [6.07, 6.45) is 7.05. The molecule has 4 rings (SSSR count). The third-order valence-corrected chi connectivity index (χ3v) is 7.55. The molecule has 0 radical (unpaired) electrons. The molecule has 1 heterocycles. The van der Waals surface area contributed by atoms with Crippen LogP contribution < -0.4 is 10.0 Å². The van der Waals surface area contributed by atoms with Gasteiger partial charge in [0.15, 0.2) is 6.23 Å².